The van der Waals surface area contributed by atoms with Crippen molar-refractivity contribution in [1.82, 2.24) is 0 Å². The van der Waals surface area contributed by atoms with E-state index in [0.29, 0.717) is 5.75 Å². The molecule has 0 saturated heterocycles. The number of phenolic OH excluding ortho intramolecular Hbond substituents is 1. The van der Waals surface area contributed by atoms with Crippen LogP contribution in [0.2, 0.25) is 0 Å². The minimum Gasteiger partial charge on any atom is -0.147 e. The molecule has 2 rings (SSSR count). The number of allylic oxidation sites excluding steroid dienone is 4. The second-order valence-corrected chi connectivity index (χ2v) is 8.20. The molecule has 1 aliphatic rings. The predicted molar refractivity (Wildman–Crippen MR) is 110 cm³/mol. The minimum atomic E-state index is 0. The maximum absolute atomic E-state index is 9.41. The largest absolute Gasteiger partial charge is 0.147 e. The standard InChI is InChI=1S/C11H16O2.C6H7.C3H6.2ClH.Ti/c1-11(2,3)8-5-9(12)7-10(6-8)13-4;1-6-4-2-3-5-6;1-3-2;;;/h5-7,12H,1-4H3;2,4H,3H2,1H3;1-2H3;2*1H;/q;-1;;;;+1. The van der Waals surface area contributed by atoms with Crippen molar-refractivity contribution in [3.05, 3.63) is 47.6 Å². The molecule has 0 amide bonds. The molecule has 0 atom stereocenters. The Kier molecular flexibility index (Phi) is 17.1. The average Bonchev–Trinajstić information content (AvgIpc) is 2.88. The van der Waals surface area contributed by atoms with Gasteiger partial charge in [0.1, 0.15) is 11.5 Å². The smallest absolute Gasteiger partial charge is 0.147 e. The van der Waals surface area contributed by atoms with Gasteiger partial charge in [-0.1, -0.05) is 27.7 Å². The van der Waals surface area contributed by atoms with Gasteiger partial charge in [0.05, 0.1) is 7.11 Å². The molecule has 1 aromatic carbocycles. The van der Waals surface area contributed by atoms with Crippen LogP contribution in [0.25, 0.3) is 0 Å². The van der Waals surface area contributed by atoms with Gasteiger partial charge in [0.2, 0.25) is 0 Å². The van der Waals surface area contributed by atoms with Crippen molar-refractivity contribution in [2.45, 2.75) is 53.4 Å². The van der Waals surface area contributed by atoms with Crippen molar-refractivity contribution in [3.8, 4) is 11.5 Å². The second kappa shape index (κ2) is 14.6. The van der Waals surface area contributed by atoms with Gasteiger partial charge in [-0.3, -0.25) is 6.08 Å². The summed E-state index contributed by atoms with van der Waals surface area (Å²) >= 11 is 2.08. The fourth-order valence-electron chi connectivity index (χ4n) is 1.65. The topological polar surface area (TPSA) is 29.5 Å². The summed E-state index contributed by atoms with van der Waals surface area (Å²) in [5.74, 6) is 0.953. The summed E-state index contributed by atoms with van der Waals surface area (Å²) in [6, 6.07) is 5.32. The molecule has 0 fully saturated rings. The summed E-state index contributed by atoms with van der Waals surface area (Å²) in [4.78, 5) is 0. The summed E-state index contributed by atoms with van der Waals surface area (Å²) in [5, 5.41) is 9.41. The van der Waals surface area contributed by atoms with Crippen LogP contribution in [0.15, 0.2) is 35.9 Å². The normalized spacial score (nSPS) is 11.5. The van der Waals surface area contributed by atoms with Crippen molar-refractivity contribution in [1.29, 1.82) is 0 Å². The van der Waals surface area contributed by atoms with Crippen LogP contribution in [-0.2, 0) is 25.4 Å². The van der Waals surface area contributed by atoms with E-state index in [1.54, 1.807) is 19.2 Å². The molecule has 141 valence electrons. The predicted octanol–water partition coefficient (Wildman–Crippen LogP) is 5.98. The van der Waals surface area contributed by atoms with Crippen LogP contribution in [0.5, 0.6) is 11.5 Å². The van der Waals surface area contributed by atoms with E-state index < -0.39 is 0 Å². The average molecular weight is 422 g/mol. The van der Waals surface area contributed by atoms with Crippen molar-refractivity contribution >= 4 is 28.6 Å². The molecule has 25 heavy (non-hydrogen) atoms. The van der Waals surface area contributed by atoms with Crippen LogP contribution in [0, 0.1) is 6.08 Å². The van der Waals surface area contributed by atoms with Gasteiger partial charge >= 0.3 is 37.6 Å². The Bertz CT molecular complexity index is 567. The van der Waals surface area contributed by atoms with Crippen molar-refractivity contribution in [2.75, 3.05) is 7.11 Å². The number of hydrogen-bond donors (Lipinski definition) is 1. The molecular weight excluding hydrogens is 391 g/mol. The first-order valence-corrected chi connectivity index (χ1v) is 8.48. The first-order chi connectivity index (χ1) is 10.6. The molecule has 0 aromatic heterocycles. The molecule has 2 nitrogen and oxygen atoms in total. The Labute approximate surface area is 177 Å². The first kappa shape index (κ1) is 29.2. The van der Waals surface area contributed by atoms with Gasteiger partial charge < -0.3 is 9.84 Å². The number of ether oxygens (including phenoxy) is 1. The van der Waals surface area contributed by atoms with Crippen LogP contribution in [-0.4, -0.2) is 16.0 Å². The molecule has 1 aromatic rings. The fourth-order valence-corrected chi connectivity index (χ4v) is 1.65. The summed E-state index contributed by atoms with van der Waals surface area (Å²) < 4.78 is 6.49. The molecule has 0 heterocycles. The van der Waals surface area contributed by atoms with E-state index in [0.717, 1.165) is 12.0 Å². The zero-order valence-corrected chi connectivity index (χ0v) is 19.5. The van der Waals surface area contributed by atoms with Gasteiger partial charge in [-0.25, -0.2) is 11.6 Å². The van der Waals surface area contributed by atoms with Gasteiger partial charge in [0, 0.05) is 6.07 Å². The Morgan fingerprint density at radius 3 is 1.96 bits per heavy atom. The van der Waals surface area contributed by atoms with Crippen LogP contribution < -0.4 is 4.74 Å². The zero-order chi connectivity index (χ0) is 18.0. The molecule has 0 spiro atoms. The maximum atomic E-state index is 9.41. The van der Waals surface area contributed by atoms with Gasteiger partial charge in [-0.15, -0.1) is 31.2 Å². The molecular formula is C20H31Cl2O2Ti. The first-order valence-electron chi connectivity index (χ1n) is 7.70. The number of rotatable bonds is 1. The SMILES string of the molecule is CC1=[C-]CC=C1.COc1cc(O)cc(C(C)(C)C)c1.C[C](C)=[Ti+].Cl.Cl. The van der Waals surface area contributed by atoms with E-state index in [-0.39, 0.29) is 36.0 Å². The quantitative estimate of drug-likeness (QED) is 0.446. The van der Waals surface area contributed by atoms with E-state index in [4.69, 9.17) is 4.74 Å². The molecule has 0 bridgehead atoms. The molecule has 0 saturated carbocycles. The van der Waals surface area contributed by atoms with Crippen molar-refractivity contribution in [3.63, 3.8) is 0 Å². The van der Waals surface area contributed by atoms with E-state index in [2.05, 4.69) is 79.7 Å². The summed E-state index contributed by atoms with van der Waals surface area (Å²) in [6.07, 6.45) is 8.33. The minimum absolute atomic E-state index is 0. The number of hydrogen-bond acceptors (Lipinski definition) is 2. The van der Waals surface area contributed by atoms with E-state index in [1.807, 2.05) is 6.07 Å². The Balaban J connectivity index is -0.000000339. The third-order valence-electron chi connectivity index (χ3n) is 2.86. The summed E-state index contributed by atoms with van der Waals surface area (Å²) in [6.45, 7) is 12.5. The fraction of sp³-hybridized carbons (Fsp3) is 0.450. The zero-order valence-electron chi connectivity index (χ0n) is 16.3. The van der Waals surface area contributed by atoms with Crippen LogP contribution in [0.1, 0.15) is 53.5 Å². The number of halogens is 2. The third kappa shape index (κ3) is 15.4. The Hall–Kier alpha value is -0.536. The Morgan fingerprint density at radius 1 is 1.16 bits per heavy atom. The number of methoxy groups -OCH3 is 1. The van der Waals surface area contributed by atoms with Crippen LogP contribution in [0.3, 0.4) is 0 Å². The van der Waals surface area contributed by atoms with Gasteiger partial charge in [-0.05, 0) is 23.1 Å². The van der Waals surface area contributed by atoms with Gasteiger partial charge in [0.15, 0.2) is 0 Å². The Morgan fingerprint density at radius 2 is 1.68 bits per heavy atom. The maximum Gasteiger partial charge on any atom is -0.147 e. The number of benzene rings is 1. The monoisotopic (exact) mass is 421 g/mol. The van der Waals surface area contributed by atoms with E-state index in [9.17, 15) is 5.11 Å². The third-order valence-corrected chi connectivity index (χ3v) is 2.86. The second-order valence-electron chi connectivity index (χ2n) is 6.64. The molecule has 1 N–H and O–H groups in total. The van der Waals surface area contributed by atoms with Gasteiger partial charge in [-0.2, -0.15) is 6.08 Å². The molecule has 0 aliphatic heterocycles. The number of aromatic hydroxyl groups is 1. The molecule has 5 heteroatoms. The summed E-state index contributed by atoms with van der Waals surface area (Å²) in [5.41, 5.74) is 2.38. The summed E-state index contributed by atoms with van der Waals surface area (Å²) in [7, 11) is 1.60. The van der Waals surface area contributed by atoms with Crippen LogP contribution in [0.4, 0.5) is 0 Å². The molecule has 0 radical (unpaired) electrons. The van der Waals surface area contributed by atoms with Crippen molar-refractivity contribution in [2.24, 2.45) is 0 Å². The number of phenols is 1. The van der Waals surface area contributed by atoms with Gasteiger partial charge in [0.25, 0.3) is 0 Å². The van der Waals surface area contributed by atoms with E-state index >= 15 is 0 Å². The van der Waals surface area contributed by atoms with Crippen LogP contribution >= 0.6 is 24.8 Å². The van der Waals surface area contributed by atoms with E-state index in [1.165, 1.54) is 9.38 Å². The van der Waals surface area contributed by atoms with Crippen molar-refractivity contribution < 1.29 is 29.8 Å². The molecule has 0 unspecified atom stereocenters. The molecule has 1 aliphatic carbocycles.